The van der Waals surface area contributed by atoms with E-state index < -0.39 is 0 Å². The van der Waals surface area contributed by atoms with Gasteiger partial charge in [-0.2, -0.15) is 0 Å². The van der Waals surface area contributed by atoms with Gasteiger partial charge in [-0.15, -0.1) is 0 Å². The summed E-state index contributed by atoms with van der Waals surface area (Å²) in [6.45, 7) is 6.64. The van der Waals surface area contributed by atoms with Gasteiger partial charge in [0.2, 0.25) is 0 Å². The lowest BCUT2D eigenvalue weighted by Crippen LogP contribution is -2.51. The van der Waals surface area contributed by atoms with Crippen molar-refractivity contribution in [1.82, 2.24) is 9.80 Å². The number of guanidine groups is 1. The fourth-order valence-corrected chi connectivity index (χ4v) is 2.96. The first-order valence-corrected chi connectivity index (χ1v) is 7.13. The molecule has 0 unspecified atom stereocenters. The Morgan fingerprint density at radius 1 is 1.06 bits per heavy atom. The third kappa shape index (κ3) is 3.62. The van der Waals surface area contributed by atoms with Crippen molar-refractivity contribution < 1.29 is 4.58 Å². The van der Waals surface area contributed by atoms with Crippen molar-refractivity contribution in [3.63, 3.8) is 0 Å². The van der Waals surface area contributed by atoms with Gasteiger partial charge in [0.25, 0.3) is 0 Å². The van der Waals surface area contributed by atoms with E-state index in [-0.39, 0.29) is 0 Å². The Balaban J connectivity index is 2.79. The monoisotopic (exact) mass is 240 g/mol. The molecule has 0 aromatic rings. The lowest BCUT2D eigenvalue weighted by atomic mass is 9.94. The molecule has 0 spiro atoms. The Kier molecular flexibility index (Phi) is 5.79. The van der Waals surface area contributed by atoms with Crippen LogP contribution in [0.2, 0.25) is 0 Å². The van der Waals surface area contributed by atoms with E-state index in [1.54, 1.807) is 0 Å². The Morgan fingerprint density at radius 3 is 2.00 bits per heavy atom. The lowest BCUT2D eigenvalue weighted by molar-refractivity contribution is -0.476. The first kappa shape index (κ1) is 14.3. The fourth-order valence-electron chi connectivity index (χ4n) is 2.96. The van der Waals surface area contributed by atoms with Crippen molar-refractivity contribution in [1.29, 1.82) is 0 Å². The van der Waals surface area contributed by atoms with Crippen LogP contribution >= 0.6 is 0 Å². The maximum absolute atomic E-state index is 2.51. The minimum Gasteiger partial charge on any atom is -0.270 e. The fraction of sp³-hybridized carbons (Fsp3) is 0.929. The molecule has 1 rings (SSSR count). The lowest BCUT2D eigenvalue weighted by Gasteiger charge is -2.32. The molecule has 0 amide bonds. The molecule has 3 heteroatoms. The Labute approximate surface area is 107 Å². The maximum atomic E-state index is 2.51. The van der Waals surface area contributed by atoms with E-state index in [4.69, 9.17) is 0 Å². The van der Waals surface area contributed by atoms with Gasteiger partial charge in [0.05, 0.1) is 40.3 Å². The van der Waals surface area contributed by atoms with Crippen LogP contribution in [0.4, 0.5) is 0 Å². The van der Waals surface area contributed by atoms with Crippen LogP contribution in [-0.4, -0.2) is 60.6 Å². The summed E-state index contributed by atoms with van der Waals surface area (Å²) >= 11 is 0. The van der Waals surface area contributed by atoms with E-state index in [9.17, 15) is 0 Å². The Bertz CT molecular complexity index is 246. The summed E-state index contributed by atoms with van der Waals surface area (Å²) in [6, 6.07) is 0.738. The van der Waals surface area contributed by atoms with Crippen molar-refractivity contribution in [2.24, 2.45) is 0 Å². The van der Waals surface area contributed by atoms with Crippen LogP contribution in [0.5, 0.6) is 0 Å². The summed E-state index contributed by atoms with van der Waals surface area (Å²) in [7, 11) is 6.59. The quantitative estimate of drug-likeness (QED) is 0.425. The van der Waals surface area contributed by atoms with Crippen molar-refractivity contribution in [3.05, 3.63) is 0 Å². The van der Waals surface area contributed by atoms with Crippen LogP contribution in [0.1, 0.15) is 46.0 Å². The SMILES string of the molecule is CCN(CC)C(N(C)C1CCCCC1)=[N+](C)C. The minimum absolute atomic E-state index is 0.738. The molecule has 0 N–H and O–H groups in total. The molecular formula is C14H30N3+. The van der Waals surface area contributed by atoms with Crippen LogP contribution in [0.15, 0.2) is 0 Å². The number of hydrogen-bond acceptors (Lipinski definition) is 0. The van der Waals surface area contributed by atoms with Gasteiger partial charge in [-0.3, -0.25) is 14.4 Å². The number of rotatable bonds is 3. The highest BCUT2D eigenvalue weighted by Crippen LogP contribution is 2.22. The predicted octanol–water partition coefficient (Wildman–Crippen LogP) is 2.22. The van der Waals surface area contributed by atoms with E-state index in [0.717, 1.165) is 19.1 Å². The van der Waals surface area contributed by atoms with E-state index >= 15 is 0 Å². The Morgan fingerprint density at radius 2 is 1.59 bits per heavy atom. The molecule has 1 fully saturated rings. The van der Waals surface area contributed by atoms with E-state index in [1.807, 2.05) is 0 Å². The van der Waals surface area contributed by atoms with Crippen LogP contribution in [-0.2, 0) is 0 Å². The maximum Gasteiger partial charge on any atom is 0.350 e. The molecule has 0 aromatic heterocycles. The number of hydrogen-bond donors (Lipinski definition) is 0. The minimum atomic E-state index is 0.738. The van der Waals surface area contributed by atoms with E-state index in [0.29, 0.717) is 0 Å². The molecule has 0 aliphatic heterocycles. The highest BCUT2D eigenvalue weighted by molar-refractivity contribution is 5.75. The molecule has 0 bridgehead atoms. The molecule has 0 saturated heterocycles. The first-order valence-electron chi connectivity index (χ1n) is 7.13. The van der Waals surface area contributed by atoms with Crippen LogP contribution < -0.4 is 0 Å². The largest absolute Gasteiger partial charge is 0.350 e. The Hall–Kier alpha value is -0.730. The first-order chi connectivity index (χ1) is 8.11. The summed E-state index contributed by atoms with van der Waals surface area (Å²) in [5.41, 5.74) is 0. The highest BCUT2D eigenvalue weighted by atomic mass is 15.4. The molecule has 3 nitrogen and oxygen atoms in total. The van der Waals surface area contributed by atoms with E-state index in [1.165, 1.54) is 38.1 Å². The zero-order chi connectivity index (χ0) is 12.8. The second-order valence-corrected chi connectivity index (χ2v) is 5.27. The van der Waals surface area contributed by atoms with Gasteiger partial charge in [-0.05, 0) is 26.7 Å². The average Bonchev–Trinajstić information content (AvgIpc) is 2.35. The molecule has 17 heavy (non-hydrogen) atoms. The van der Waals surface area contributed by atoms with Crippen molar-refractivity contribution in [2.45, 2.75) is 52.0 Å². The summed E-state index contributed by atoms with van der Waals surface area (Å²) in [6.07, 6.45) is 6.93. The smallest absolute Gasteiger partial charge is 0.270 e. The summed E-state index contributed by atoms with van der Waals surface area (Å²) in [5.74, 6) is 1.38. The van der Waals surface area contributed by atoms with Crippen molar-refractivity contribution in [2.75, 3.05) is 34.2 Å². The van der Waals surface area contributed by atoms with Gasteiger partial charge in [0, 0.05) is 0 Å². The van der Waals surface area contributed by atoms with Crippen LogP contribution in [0, 0.1) is 0 Å². The van der Waals surface area contributed by atoms with Crippen molar-refractivity contribution >= 4 is 5.96 Å². The van der Waals surface area contributed by atoms with Gasteiger partial charge in [0.15, 0.2) is 0 Å². The molecule has 0 aromatic carbocycles. The van der Waals surface area contributed by atoms with E-state index in [2.05, 4.69) is 49.4 Å². The summed E-state index contributed by atoms with van der Waals surface area (Å²) in [4.78, 5) is 4.96. The zero-order valence-electron chi connectivity index (χ0n) is 12.4. The van der Waals surface area contributed by atoms with Gasteiger partial charge in [-0.25, -0.2) is 0 Å². The molecule has 1 aliphatic rings. The van der Waals surface area contributed by atoms with Crippen LogP contribution in [0.3, 0.4) is 0 Å². The molecule has 0 atom stereocenters. The molecular weight excluding hydrogens is 210 g/mol. The van der Waals surface area contributed by atoms with Gasteiger partial charge in [-0.1, -0.05) is 19.3 Å². The summed E-state index contributed by atoms with van der Waals surface area (Å²) in [5, 5.41) is 0. The topological polar surface area (TPSA) is 9.49 Å². The second-order valence-electron chi connectivity index (χ2n) is 5.27. The molecule has 100 valence electrons. The molecule has 0 radical (unpaired) electrons. The highest BCUT2D eigenvalue weighted by Gasteiger charge is 2.29. The summed E-state index contributed by atoms with van der Waals surface area (Å²) < 4.78 is 2.27. The average molecular weight is 240 g/mol. The third-order valence-electron chi connectivity index (χ3n) is 3.88. The standard InChI is InChI=1S/C14H30N3/c1-6-17(7-2)14(15(3)4)16(5)13-11-9-8-10-12-13/h13H,6-12H2,1-5H3/q+1. The normalized spacial score (nSPS) is 16.8. The van der Waals surface area contributed by atoms with Gasteiger partial charge in [0.1, 0.15) is 0 Å². The zero-order valence-corrected chi connectivity index (χ0v) is 12.4. The van der Waals surface area contributed by atoms with Gasteiger partial charge >= 0.3 is 5.96 Å². The third-order valence-corrected chi connectivity index (χ3v) is 3.88. The predicted molar refractivity (Wildman–Crippen MR) is 74.7 cm³/mol. The molecule has 1 aliphatic carbocycles. The van der Waals surface area contributed by atoms with Gasteiger partial charge < -0.3 is 0 Å². The second kappa shape index (κ2) is 6.87. The molecule has 0 heterocycles. The van der Waals surface area contributed by atoms with Crippen LogP contribution in [0.25, 0.3) is 0 Å². The molecule has 1 saturated carbocycles. The number of nitrogens with zero attached hydrogens (tertiary/aromatic N) is 3. The van der Waals surface area contributed by atoms with Crippen molar-refractivity contribution in [3.8, 4) is 0 Å².